The molecule has 0 aromatic carbocycles. The highest BCUT2D eigenvalue weighted by Gasteiger charge is 2.14. The first-order chi connectivity index (χ1) is 8.21. The second kappa shape index (κ2) is 9.24. The molecular weight excluding hydrogens is 272 g/mol. The van der Waals surface area contributed by atoms with Gasteiger partial charge < -0.3 is 11.1 Å². The van der Waals surface area contributed by atoms with Gasteiger partial charge in [0.2, 0.25) is 11.0 Å². The summed E-state index contributed by atoms with van der Waals surface area (Å²) < 4.78 is 0. The molecule has 0 unspecified atom stereocenters. The molecule has 5 nitrogen and oxygen atoms in total. The molecule has 0 aliphatic heterocycles. The third-order valence-corrected chi connectivity index (χ3v) is 3.63. The third-order valence-electron chi connectivity index (χ3n) is 2.63. The van der Waals surface area contributed by atoms with Gasteiger partial charge in [-0.1, -0.05) is 25.2 Å². The van der Waals surface area contributed by atoms with Crippen LogP contribution in [0.25, 0.3) is 0 Å². The predicted molar refractivity (Wildman–Crippen MR) is 77.4 cm³/mol. The van der Waals surface area contributed by atoms with Crippen LogP contribution in [0.15, 0.2) is 0 Å². The Morgan fingerprint density at radius 3 is 2.61 bits per heavy atom. The second-order valence-electron chi connectivity index (χ2n) is 3.90. The van der Waals surface area contributed by atoms with E-state index in [-0.39, 0.29) is 18.3 Å². The fourth-order valence-electron chi connectivity index (χ4n) is 1.53. The van der Waals surface area contributed by atoms with Crippen molar-refractivity contribution < 1.29 is 4.79 Å². The van der Waals surface area contributed by atoms with Crippen LogP contribution in [-0.2, 0) is 4.79 Å². The fraction of sp³-hybridized carbons (Fsp3) is 0.727. The Morgan fingerprint density at radius 2 is 2.06 bits per heavy atom. The highest BCUT2D eigenvalue weighted by Crippen LogP contribution is 2.27. The van der Waals surface area contributed by atoms with E-state index in [4.69, 9.17) is 5.73 Å². The van der Waals surface area contributed by atoms with Crippen LogP contribution in [0.1, 0.15) is 50.5 Å². The van der Waals surface area contributed by atoms with Gasteiger partial charge in [-0.2, -0.15) is 0 Å². The lowest BCUT2D eigenvalue weighted by Crippen LogP contribution is -2.13. The molecule has 0 bridgehead atoms. The molecular formula is C11H21ClN4OS. The van der Waals surface area contributed by atoms with E-state index in [9.17, 15) is 4.79 Å². The molecule has 0 aliphatic rings. The van der Waals surface area contributed by atoms with Crippen molar-refractivity contribution >= 4 is 34.8 Å². The molecule has 0 spiro atoms. The SMILES string of the molecule is CCC(CC)c1nnc(NC(=O)CCCN)s1.Cl. The van der Waals surface area contributed by atoms with Crippen LogP contribution in [0.2, 0.25) is 0 Å². The Kier molecular flexibility index (Phi) is 8.87. The molecule has 3 N–H and O–H groups in total. The van der Waals surface area contributed by atoms with Gasteiger partial charge in [0, 0.05) is 12.3 Å². The summed E-state index contributed by atoms with van der Waals surface area (Å²) in [5.74, 6) is 0.407. The van der Waals surface area contributed by atoms with Gasteiger partial charge in [0.05, 0.1) is 0 Å². The molecule has 0 saturated carbocycles. The summed E-state index contributed by atoms with van der Waals surface area (Å²) in [6.45, 7) is 4.80. The van der Waals surface area contributed by atoms with Crippen LogP contribution >= 0.6 is 23.7 Å². The molecule has 0 saturated heterocycles. The zero-order valence-corrected chi connectivity index (χ0v) is 12.4. The van der Waals surface area contributed by atoms with Crippen molar-refractivity contribution in [3.63, 3.8) is 0 Å². The minimum atomic E-state index is -0.0392. The van der Waals surface area contributed by atoms with Crippen molar-refractivity contribution in [2.24, 2.45) is 5.73 Å². The van der Waals surface area contributed by atoms with Crippen molar-refractivity contribution in [1.82, 2.24) is 10.2 Å². The first-order valence-electron chi connectivity index (χ1n) is 6.04. The Balaban J connectivity index is 0.00000289. The van der Waals surface area contributed by atoms with Gasteiger partial charge in [-0.15, -0.1) is 22.6 Å². The van der Waals surface area contributed by atoms with Gasteiger partial charge in [0.1, 0.15) is 5.01 Å². The average Bonchev–Trinajstić information content (AvgIpc) is 2.76. The van der Waals surface area contributed by atoms with Gasteiger partial charge in [0.15, 0.2) is 0 Å². The number of nitrogens with two attached hydrogens (primary N) is 1. The third kappa shape index (κ3) is 5.29. The number of rotatable bonds is 7. The quantitative estimate of drug-likeness (QED) is 0.809. The molecule has 0 atom stereocenters. The van der Waals surface area contributed by atoms with Crippen LogP contribution in [0.3, 0.4) is 0 Å². The van der Waals surface area contributed by atoms with Gasteiger partial charge in [-0.3, -0.25) is 4.79 Å². The van der Waals surface area contributed by atoms with Crippen LogP contribution in [0.4, 0.5) is 5.13 Å². The summed E-state index contributed by atoms with van der Waals surface area (Å²) in [7, 11) is 0. The van der Waals surface area contributed by atoms with Crippen LogP contribution in [0, 0.1) is 0 Å². The number of anilines is 1. The van der Waals surface area contributed by atoms with E-state index in [1.54, 1.807) is 0 Å². The molecule has 1 aromatic rings. The summed E-state index contributed by atoms with van der Waals surface area (Å²) in [6, 6.07) is 0. The molecule has 7 heteroatoms. The number of carbonyl (C=O) groups is 1. The second-order valence-corrected chi connectivity index (χ2v) is 4.91. The number of hydrogen-bond acceptors (Lipinski definition) is 5. The summed E-state index contributed by atoms with van der Waals surface area (Å²) in [5.41, 5.74) is 5.34. The number of halogens is 1. The first kappa shape index (κ1) is 17.3. The van der Waals surface area contributed by atoms with Gasteiger partial charge in [-0.25, -0.2) is 0 Å². The fourth-order valence-corrected chi connectivity index (χ4v) is 2.56. The zero-order valence-electron chi connectivity index (χ0n) is 10.8. The number of hydrogen-bond donors (Lipinski definition) is 2. The first-order valence-corrected chi connectivity index (χ1v) is 6.86. The van der Waals surface area contributed by atoms with Gasteiger partial charge in [-0.05, 0) is 25.8 Å². The Bertz CT molecular complexity index is 355. The molecule has 18 heavy (non-hydrogen) atoms. The number of nitrogens with one attached hydrogen (secondary N) is 1. The van der Waals surface area contributed by atoms with Gasteiger partial charge in [0.25, 0.3) is 0 Å². The van der Waals surface area contributed by atoms with E-state index in [0.29, 0.717) is 30.4 Å². The van der Waals surface area contributed by atoms with Crippen LogP contribution in [-0.4, -0.2) is 22.6 Å². The largest absolute Gasteiger partial charge is 0.330 e. The maximum absolute atomic E-state index is 11.5. The lowest BCUT2D eigenvalue weighted by Gasteiger charge is -2.05. The summed E-state index contributed by atoms with van der Waals surface area (Å²) >= 11 is 1.47. The Labute approximate surface area is 118 Å². The molecule has 1 amide bonds. The number of amides is 1. The molecule has 1 aromatic heterocycles. The molecule has 1 rings (SSSR count). The van der Waals surface area contributed by atoms with E-state index < -0.39 is 0 Å². The van der Waals surface area contributed by atoms with E-state index in [2.05, 4.69) is 29.4 Å². The Hall–Kier alpha value is -0.720. The minimum Gasteiger partial charge on any atom is -0.330 e. The molecule has 1 heterocycles. The lowest BCUT2D eigenvalue weighted by molar-refractivity contribution is -0.116. The van der Waals surface area contributed by atoms with E-state index in [0.717, 1.165) is 17.8 Å². The number of nitrogens with zero attached hydrogens (tertiary/aromatic N) is 2. The zero-order chi connectivity index (χ0) is 12.7. The monoisotopic (exact) mass is 292 g/mol. The molecule has 0 radical (unpaired) electrons. The van der Waals surface area contributed by atoms with E-state index >= 15 is 0 Å². The minimum absolute atomic E-state index is 0. The topological polar surface area (TPSA) is 80.9 Å². The summed E-state index contributed by atoms with van der Waals surface area (Å²) in [4.78, 5) is 11.5. The molecule has 0 fully saturated rings. The summed E-state index contributed by atoms with van der Waals surface area (Å²) in [5, 5.41) is 12.5. The lowest BCUT2D eigenvalue weighted by atomic mass is 10.1. The van der Waals surface area contributed by atoms with Crippen molar-refractivity contribution in [3.05, 3.63) is 5.01 Å². The highest BCUT2D eigenvalue weighted by molar-refractivity contribution is 7.15. The van der Waals surface area contributed by atoms with Crippen molar-refractivity contribution in [3.8, 4) is 0 Å². The van der Waals surface area contributed by atoms with E-state index in [1.807, 2.05) is 0 Å². The normalized spacial score (nSPS) is 10.2. The van der Waals surface area contributed by atoms with Crippen molar-refractivity contribution in [2.45, 2.75) is 45.4 Å². The van der Waals surface area contributed by atoms with Crippen LogP contribution in [0.5, 0.6) is 0 Å². The maximum atomic E-state index is 11.5. The van der Waals surface area contributed by atoms with Crippen molar-refractivity contribution in [1.29, 1.82) is 0 Å². The van der Waals surface area contributed by atoms with Gasteiger partial charge >= 0.3 is 0 Å². The van der Waals surface area contributed by atoms with Crippen LogP contribution < -0.4 is 11.1 Å². The number of carbonyl (C=O) groups excluding carboxylic acids is 1. The molecule has 104 valence electrons. The standard InChI is InChI=1S/C11H20N4OS.ClH/c1-3-8(4-2)10-14-15-11(17-10)13-9(16)6-5-7-12;/h8H,3-7,12H2,1-2H3,(H,13,15,16);1H. The maximum Gasteiger partial charge on any atom is 0.226 e. The van der Waals surface area contributed by atoms with Crippen molar-refractivity contribution in [2.75, 3.05) is 11.9 Å². The van der Waals surface area contributed by atoms with E-state index in [1.165, 1.54) is 11.3 Å². The number of aromatic nitrogens is 2. The smallest absolute Gasteiger partial charge is 0.226 e. The molecule has 0 aliphatic carbocycles. The average molecular weight is 293 g/mol. The summed E-state index contributed by atoms with van der Waals surface area (Å²) in [6.07, 6.45) is 3.24. The highest BCUT2D eigenvalue weighted by atomic mass is 35.5. The predicted octanol–water partition coefficient (Wildman–Crippen LogP) is 2.54. The Morgan fingerprint density at radius 1 is 1.39 bits per heavy atom.